The fraction of sp³-hybridized carbons (Fsp3) is 0.462. The summed E-state index contributed by atoms with van der Waals surface area (Å²) in [6.07, 6.45) is 4.12. The average molecular weight is 218 g/mol. The number of fused-ring (bicyclic) bond motifs is 1. The molecule has 2 unspecified atom stereocenters. The second-order valence-corrected chi connectivity index (χ2v) is 4.44. The Hall–Kier alpha value is -1.35. The molecule has 1 saturated carbocycles. The first-order valence-electron chi connectivity index (χ1n) is 5.76. The molecular weight excluding hydrogens is 204 g/mol. The molecule has 1 aromatic rings. The van der Waals surface area contributed by atoms with Gasteiger partial charge in [0.2, 0.25) is 0 Å². The molecule has 1 saturated heterocycles. The highest BCUT2D eigenvalue weighted by Crippen LogP contribution is 2.48. The van der Waals surface area contributed by atoms with Crippen LogP contribution in [0.3, 0.4) is 0 Å². The number of carbonyl (C=O) groups is 1. The molecule has 1 aromatic carbocycles. The van der Waals surface area contributed by atoms with Crippen molar-refractivity contribution in [1.29, 1.82) is 0 Å². The van der Waals surface area contributed by atoms with E-state index in [2.05, 4.69) is 0 Å². The van der Waals surface area contributed by atoms with Crippen molar-refractivity contribution in [2.75, 3.05) is 0 Å². The lowest BCUT2D eigenvalue weighted by Crippen LogP contribution is -2.33. The standard InChI is InChI=1S/C13H14O3/c14-12(15-10-6-2-1-3-7-10)13-9-5-4-8-11(13)16-13/h1-3,6-7,11H,4-5,8-9H2. The fourth-order valence-electron chi connectivity index (χ4n) is 2.41. The highest BCUT2D eigenvalue weighted by Gasteiger charge is 2.64. The van der Waals surface area contributed by atoms with Crippen LogP contribution in [0.5, 0.6) is 5.75 Å². The molecule has 0 radical (unpaired) electrons. The first-order valence-corrected chi connectivity index (χ1v) is 5.76. The van der Waals surface area contributed by atoms with Gasteiger partial charge in [-0.15, -0.1) is 0 Å². The Morgan fingerprint density at radius 1 is 1.31 bits per heavy atom. The third-order valence-corrected chi connectivity index (χ3v) is 3.38. The molecule has 84 valence electrons. The molecule has 3 nitrogen and oxygen atoms in total. The summed E-state index contributed by atoms with van der Waals surface area (Å²) in [5, 5.41) is 0. The largest absolute Gasteiger partial charge is 0.424 e. The zero-order valence-corrected chi connectivity index (χ0v) is 9.02. The zero-order valence-electron chi connectivity index (χ0n) is 9.02. The first kappa shape index (κ1) is 9.85. The zero-order chi connectivity index (χ0) is 11.0. The van der Waals surface area contributed by atoms with Crippen molar-refractivity contribution in [2.45, 2.75) is 37.4 Å². The van der Waals surface area contributed by atoms with Crippen LogP contribution in [0.1, 0.15) is 25.7 Å². The van der Waals surface area contributed by atoms with E-state index in [1.165, 1.54) is 0 Å². The topological polar surface area (TPSA) is 38.8 Å². The highest BCUT2D eigenvalue weighted by atomic mass is 16.7. The third kappa shape index (κ3) is 1.52. The van der Waals surface area contributed by atoms with Gasteiger partial charge in [0.05, 0.1) is 6.10 Å². The molecule has 16 heavy (non-hydrogen) atoms. The van der Waals surface area contributed by atoms with Crippen LogP contribution in [0.15, 0.2) is 30.3 Å². The van der Waals surface area contributed by atoms with Crippen LogP contribution in [-0.2, 0) is 9.53 Å². The van der Waals surface area contributed by atoms with Gasteiger partial charge in [-0.1, -0.05) is 24.6 Å². The van der Waals surface area contributed by atoms with Gasteiger partial charge in [-0.3, -0.25) is 0 Å². The maximum atomic E-state index is 12.0. The van der Waals surface area contributed by atoms with Crippen LogP contribution in [0, 0.1) is 0 Å². The van der Waals surface area contributed by atoms with E-state index in [1.54, 1.807) is 12.1 Å². The van der Waals surface area contributed by atoms with Crippen LogP contribution < -0.4 is 4.74 Å². The molecule has 1 aliphatic carbocycles. The second kappa shape index (κ2) is 3.59. The van der Waals surface area contributed by atoms with Crippen molar-refractivity contribution in [3.8, 4) is 5.75 Å². The van der Waals surface area contributed by atoms with Crippen LogP contribution in [0.25, 0.3) is 0 Å². The van der Waals surface area contributed by atoms with E-state index in [1.807, 2.05) is 18.2 Å². The van der Waals surface area contributed by atoms with Crippen molar-refractivity contribution in [3.63, 3.8) is 0 Å². The van der Waals surface area contributed by atoms with Gasteiger partial charge in [0, 0.05) is 0 Å². The van der Waals surface area contributed by atoms with E-state index >= 15 is 0 Å². The van der Waals surface area contributed by atoms with Gasteiger partial charge in [0.1, 0.15) is 5.75 Å². The van der Waals surface area contributed by atoms with E-state index in [4.69, 9.17) is 9.47 Å². The second-order valence-electron chi connectivity index (χ2n) is 4.44. The minimum atomic E-state index is -0.603. The molecule has 2 aliphatic rings. The van der Waals surface area contributed by atoms with Crippen LogP contribution >= 0.6 is 0 Å². The van der Waals surface area contributed by atoms with Crippen LogP contribution in [0.2, 0.25) is 0 Å². The maximum absolute atomic E-state index is 12.0. The quantitative estimate of drug-likeness (QED) is 0.434. The van der Waals surface area contributed by atoms with E-state index in [0.29, 0.717) is 5.75 Å². The van der Waals surface area contributed by atoms with E-state index < -0.39 is 5.60 Å². The van der Waals surface area contributed by atoms with Gasteiger partial charge >= 0.3 is 5.97 Å². The number of hydrogen-bond acceptors (Lipinski definition) is 3. The minimum absolute atomic E-state index is 0.109. The van der Waals surface area contributed by atoms with Gasteiger partial charge in [-0.2, -0.15) is 0 Å². The lowest BCUT2D eigenvalue weighted by molar-refractivity contribution is -0.140. The number of carbonyl (C=O) groups excluding carboxylic acids is 1. The number of para-hydroxylation sites is 1. The van der Waals surface area contributed by atoms with Crippen molar-refractivity contribution >= 4 is 5.97 Å². The van der Waals surface area contributed by atoms with Gasteiger partial charge < -0.3 is 9.47 Å². The first-order chi connectivity index (χ1) is 7.81. The van der Waals surface area contributed by atoms with Gasteiger partial charge in [0.25, 0.3) is 0 Å². The van der Waals surface area contributed by atoms with Crippen molar-refractivity contribution in [1.82, 2.24) is 0 Å². The number of epoxide rings is 1. The Morgan fingerprint density at radius 3 is 2.88 bits per heavy atom. The number of esters is 1. The summed E-state index contributed by atoms with van der Waals surface area (Å²) >= 11 is 0. The van der Waals surface area contributed by atoms with Gasteiger partial charge in [-0.05, 0) is 31.4 Å². The lowest BCUT2D eigenvalue weighted by atomic mass is 9.89. The Balaban J connectivity index is 1.70. The highest BCUT2D eigenvalue weighted by molar-refractivity contribution is 5.85. The van der Waals surface area contributed by atoms with E-state index in [9.17, 15) is 4.79 Å². The number of rotatable bonds is 2. The summed E-state index contributed by atoms with van der Waals surface area (Å²) in [6, 6.07) is 9.18. The molecule has 1 aliphatic heterocycles. The predicted molar refractivity (Wildman–Crippen MR) is 58.1 cm³/mol. The van der Waals surface area contributed by atoms with E-state index in [-0.39, 0.29) is 12.1 Å². The van der Waals surface area contributed by atoms with Crippen molar-refractivity contribution in [2.24, 2.45) is 0 Å². The van der Waals surface area contributed by atoms with Crippen LogP contribution in [-0.4, -0.2) is 17.7 Å². The molecule has 3 heteroatoms. The molecule has 0 amide bonds. The molecule has 0 N–H and O–H groups in total. The molecule has 2 fully saturated rings. The SMILES string of the molecule is O=C(Oc1ccccc1)C12CCCCC1O2. The Morgan fingerprint density at radius 2 is 2.12 bits per heavy atom. The number of hydrogen-bond donors (Lipinski definition) is 0. The van der Waals surface area contributed by atoms with Crippen LogP contribution in [0.4, 0.5) is 0 Å². The Labute approximate surface area is 94.4 Å². The summed E-state index contributed by atoms with van der Waals surface area (Å²) in [5.74, 6) is 0.380. The minimum Gasteiger partial charge on any atom is -0.424 e. The lowest BCUT2D eigenvalue weighted by Gasteiger charge is -2.15. The Kier molecular flexibility index (Phi) is 2.21. The monoisotopic (exact) mass is 218 g/mol. The van der Waals surface area contributed by atoms with Gasteiger partial charge in [0.15, 0.2) is 5.60 Å². The molecule has 1 heterocycles. The summed E-state index contributed by atoms with van der Waals surface area (Å²) in [6.45, 7) is 0. The summed E-state index contributed by atoms with van der Waals surface area (Å²) < 4.78 is 10.9. The number of ether oxygens (including phenoxy) is 2. The Bertz CT molecular complexity index is 401. The van der Waals surface area contributed by atoms with E-state index in [0.717, 1.165) is 25.7 Å². The van der Waals surface area contributed by atoms with Crippen molar-refractivity contribution in [3.05, 3.63) is 30.3 Å². The molecule has 3 rings (SSSR count). The third-order valence-electron chi connectivity index (χ3n) is 3.38. The molecular formula is C13H14O3. The molecule has 0 bridgehead atoms. The summed E-state index contributed by atoms with van der Waals surface area (Å²) in [7, 11) is 0. The predicted octanol–water partition coefficient (Wildman–Crippen LogP) is 2.30. The fourth-order valence-corrected chi connectivity index (χ4v) is 2.41. The van der Waals surface area contributed by atoms with Gasteiger partial charge in [-0.25, -0.2) is 4.79 Å². The molecule has 0 spiro atoms. The summed E-state index contributed by atoms with van der Waals surface area (Å²) in [5.41, 5.74) is -0.603. The summed E-state index contributed by atoms with van der Waals surface area (Å²) in [4.78, 5) is 12.0. The smallest absolute Gasteiger partial charge is 0.346 e. The molecule has 0 aromatic heterocycles. The molecule has 2 atom stereocenters. The normalized spacial score (nSPS) is 31.6. The number of benzene rings is 1. The maximum Gasteiger partial charge on any atom is 0.346 e. The van der Waals surface area contributed by atoms with Crippen molar-refractivity contribution < 1.29 is 14.3 Å². The average Bonchev–Trinajstić information content (AvgIpc) is 3.06.